The van der Waals surface area contributed by atoms with Gasteiger partial charge in [-0.2, -0.15) is 0 Å². The van der Waals surface area contributed by atoms with E-state index in [1.165, 1.54) is 4.90 Å². The van der Waals surface area contributed by atoms with Crippen LogP contribution in [-0.4, -0.2) is 42.1 Å². The molecule has 1 fully saturated rings. The zero-order valence-electron chi connectivity index (χ0n) is 13.0. The number of carbonyl (C=O) groups is 2. The summed E-state index contributed by atoms with van der Waals surface area (Å²) in [5.41, 5.74) is 1.62. The van der Waals surface area contributed by atoms with Crippen LogP contribution in [0.1, 0.15) is 41.6 Å². The summed E-state index contributed by atoms with van der Waals surface area (Å²) >= 11 is 0. The number of aldehydes is 1. The maximum atomic E-state index is 10.8. The average molecular weight is 305 g/mol. The Kier molecular flexibility index (Phi) is 5.81. The van der Waals surface area contributed by atoms with Gasteiger partial charge in [0.25, 0.3) is 0 Å². The van der Waals surface area contributed by atoms with Crippen molar-refractivity contribution in [3.05, 3.63) is 29.3 Å². The SMILES string of the molecule is Cc1cc(OCCCC2CCN(C(=O)O)CC2)ccc1C=O. The van der Waals surface area contributed by atoms with Crippen molar-refractivity contribution in [1.82, 2.24) is 4.90 Å². The van der Waals surface area contributed by atoms with E-state index in [-0.39, 0.29) is 0 Å². The van der Waals surface area contributed by atoms with Crippen LogP contribution >= 0.6 is 0 Å². The van der Waals surface area contributed by atoms with E-state index in [1.807, 2.05) is 19.1 Å². The Morgan fingerprint density at radius 2 is 2.14 bits per heavy atom. The van der Waals surface area contributed by atoms with E-state index in [9.17, 15) is 9.59 Å². The van der Waals surface area contributed by atoms with Crippen molar-refractivity contribution >= 4 is 12.4 Å². The summed E-state index contributed by atoms with van der Waals surface area (Å²) in [5.74, 6) is 1.39. The number of hydrogen-bond acceptors (Lipinski definition) is 3. The van der Waals surface area contributed by atoms with Gasteiger partial charge in [-0.3, -0.25) is 4.79 Å². The summed E-state index contributed by atoms with van der Waals surface area (Å²) in [7, 11) is 0. The molecule has 5 heteroatoms. The summed E-state index contributed by atoms with van der Waals surface area (Å²) in [6.07, 6.45) is 3.96. The minimum Gasteiger partial charge on any atom is -0.494 e. The molecule has 22 heavy (non-hydrogen) atoms. The molecule has 1 heterocycles. The molecule has 2 rings (SSSR count). The molecule has 120 valence electrons. The van der Waals surface area contributed by atoms with Gasteiger partial charge in [-0.05, 0) is 62.3 Å². The monoisotopic (exact) mass is 305 g/mol. The van der Waals surface area contributed by atoms with E-state index in [4.69, 9.17) is 9.84 Å². The second-order valence-corrected chi connectivity index (χ2v) is 5.84. The number of nitrogens with zero attached hydrogens (tertiary/aromatic N) is 1. The summed E-state index contributed by atoms with van der Waals surface area (Å²) in [4.78, 5) is 23.1. The van der Waals surface area contributed by atoms with Gasteiger partial charge in [0.2, 0.25) is 0 Å². The molecule has 1 N–H and O–H groups in total. The van der Waals surface area contributed by atoms with Crippen molar-refractivity contribution in [2.75, 3.05) is 19.7 Å². The molecule has 1 aromatic rings. The molecule has 0 aromatic heterocycles. The number of aryl methyl sites for hydroxylation is 1. The maximum absolute atomic E-state index is 10.8. The number of carboxylic acid groups (broad SMARTS) is 1. The molecular weight excluding hydrogens is 282 g/mol. The molecule has 0 atom stereocenters. The first kappa shape index (κ1) is 16.3. The lowest BCUT2D eigenvalue weighted by molar-refractivity contribution is 0.112. The molecular formula is C17H23NO4. The minimum absolute atomic E-state index is 0.596. The lowest BCUT2D eigenvalue weighted by Gasteiger charge is -2.29. The zero-order chi connectivity index (χ0) is 15.9. The fourth-order valence-electron chi connectivity index (χ4n) is 2.85. The molecule has 0 radical (unpaired) electrons. The van der Waals surface area contributed by atoms with E-state index in [0.717, 1.165) is 43.3 Å². The molecule has 0 aliphatic carbocycles. The number of benzene rings is 1. The summed E-state index contributed by atoms with van der Waals surface area (Å²) in [6, 6.07) is 5.48. The second-order valence-electron chi connectivity index (χ2n) is 5.84. The summed E-state index contributed by atoms with van der Waals surface area (Å²) < 4.78 is 5.72. The number of ether oxygens (including phenoxy) is 1. The first-order valence-corrected chi connectivity index (χ1v) is 7.76. The van der Waals surface area contributed by atoms with Gasteiger partial charge in [0.05, 0.1) is 6.61 Å². The van der Waals surface area contributed by atoms with Crippen molar-refractivity contribution in [1.29, 1.82) is 0 Å². The van der Waals surface area contributed by atoms with Crippen molar-refractivity contribution < 1.29 is 19.4 Å². The molecule has 0 saturated carbocycles. The maximum Gasteiger partial charge on any atom is 0.407 e. The largest absolute Gasteiger partial charge is 0.494 e. The van der Waals surface area contributed by atoms with Crippen LogP contribution in [0, 0.1) is 12.8 Å². The Hall–Kier alpha value is -2.04. The van der Waals surface area contributed by atoms with E-state index in [1.54, 1.807) is 6.07 Å². The van der Waals surface area contributed by atoms with Crippen LogP contribution < -0.4 is 4.74 Å². The van der Waals surface area contributed by atoms with Gasteiger partial charge in [-0.1, -0.05) is 0 Å². The third-order valence-corrected chi connectivity index (χ3v) is 4.28. The van der Waals surface area contributed by atoms with Crippen molar-refractivity contribution in [3.63, 3.8) is 0 Å². The van der Waals surface area contributed by atoms with Gasteiger partial charge in [-0.15, -0.1) is 0 Å². The fourth-order valence-corrected chi connectivity index (χ4v) is 2.85. The quantitative estimate of drug-likeness (QED) is 0.646. The molecule has 0 bridgehead atoms. The topological polar surface area (TPSA) is 66.8 Å². The number of amides is 1. The van der Waals surface area contributed by atoms with Gasteiger partial charge in [0.1, 0.15) is 12.0 Å². The molecule has 1 aliphatic heterocycles. The third kappa shape index (κ3) is 4.48. The Labute approximate surface area is 130 Å². The molecule has 1 saturated heterocycles. The van der Waals surface area contributed by atoms with Crippen LogP contribution in [0.25, 0.3) is 0 Å². The predicted octanol–water partition coefficient (Wildman–Crippen LogP) is 3.36. The number of likely N-dealkylation sites (tertiary alicyclic amines) is 1. The first-order chi connectivity index (χ1) is 10.6. The summed E-state index contributed by atoms with van der Waals surface area (Å²) in [5, 5.41) is 8.91. The standard InChI is InChI=1S/C17H23NO4/c1-13-11-16(5-4-15(13)12-19)22-10-2-3-14-6-8-18(9-7-14)17(20)21/h4-5,11-12,14H,2-3,6-10H2,1H3,(H,20,21). The lowest BCUT2D eigenvalue weighted by atomic mass is 9.92. The van der Waals surface area contributed by atoms with Crippen LogP contribution in [0.15, 0.2) is 18.2 Å². The molecule has 0 unspecified atom stereocenters. The molecule has 1 aromatic carbocycles. The highest BCUT2D eigenvalue weighted by molar-refractivity contribution is 5.77. The van der Waals surface area contributed by atoms with E-state index < -0.39 is 6.09 Å². The predicted molar refractivity (Wildman–Crippen MR) is 83.6 cm³/mol. The highest BCUT2D eigenvalue weighted by Gasteiger charge is 2.21. The number of hydrogen-bond donors (Lipinski definition) is 1. The minimum atomic E-state index is -0.809. The van der Waals surface area contributed by atoms with Gasteiger partial charge in [-0.25, -0.2) is 4.79 Å². The number of carbonyl (C=O) groups excluding carboxylic acids is 1. The first-order valence-electron chi connectivity index (χ1n) is 7.76. The van der Waals surface area contributed by atoms with Crippen LogP contribution in [0.3, 0.4) is 0 Å². The third-order valence-electron chi connectivity index (χ3n) is 4.28. The highest BCUT2D eigenvalue weighted by atomic mass is 16.5. The van der Waals surface area contributed by atoms with Gasteiger partial charge in [0.15, 0.2) is 0 Å². The van der Waals surface area contributed by atoms with Crippen molar-refractivity contribution in [2.45, 2.75) is 32.6 Å². The normalized spacial score (nSPS) is 15.6. The second kappa shape index (κ2) is 7.82. The molecule has 5 nitrogen and oxygen atoms in total. The van der Waals surface area contributed by atoms with Crippen LogP contribution in [0.2, 0.25) is 0 Å². The van der Waals surface area contributed by atoms with Crippen LogP contribution in [0.4, 0.5) is 4.79 Å². The van der Waals surface area contributed by atoms with Crippen molar-refractivity contribution in [2.24, 2.45) is 5.92 Å². The highest BCUT2D eigenvalue weighted by Crippen LogP contribution is 2.22. The van der Waals surface area contributed by atoms with Gasteiger partial charge < -0.3 is 14.7 Å². The van der Waals surface area contributed by atoms with Crippen LogP contribution in [0.5, 0.6) is 5.75 Å². The Balaban J connectivity index is 1.66. The smallest absolute Gasteiger partial charge is 0.407 e. The Morgan fingerprint density at radius 1 is 1.41 bits per heavy atom. The lowest BCUT2D eigenvalue weighted by Crippen LogP contribution is -2.37. The van der Waals surface area contributed by atoms with E-state index >= 15 is 0 Å². The van der Waals surface area contributed by atoms with Gasteiger partial charge in [0, 0.05) is 18.7 Å². The molecule has 1 amide bonds. The Morgan fingerprint density at radius 3 is 2.73 bits per heavy atom. The van der Waals surface area contributed by atoms with Gasteiger partial charge >= 0.3 is 6.09 Å². The number of rotatable bonds is 6. The molecule has 0 spiro atoms. The Bertz CT molecular complexity index is 521. The zero-order valence-corrected chi connectivity index (χ0v) is 13.0. The van der Waals surface area contributed by atoms with Crippen LogP contribution in [-0.2, 0) is 0 Å². The average Bonchev–Trinajstić information content (AvgIpc) is 2.52. The van der Waals surface area contributed by atoms with E-state index in [2.05, 4.69) is 0 Å². The molecule has 1 aliphatic rings. The fraction of sp³-hybridized carbons (Fsp3) is 0.529. The summed E-state index contributed by atoms with van der Waals surface area (Å²) in [6.45, 7) is 3.84. The van der Waals surface area contributed by atoms with E-state index in [0.29, 0.717) is 31.2 Å². The number of piperidine rings is 1. The van der Waals surface area contributed by atoms with Crippen molar-refractivity contribution in [3.8, 4) is 5.75 Å².